The van der Waals surface area contributed by atoms with Crippen LogP contribution in [0, 0.1) is 0 Å². The topological polar surface area (TPSA) is 17.1 Å². The fourth-order valence-electron chi connectivity index (χ4n) is 1.88. The van der Waals surface area contributed by atoms with Crippen LogP contribution in [0.5, 0.6) is 0 Å². The second kappa shape index (κ2) is 13.2. The molecule has 0 bridgehead atoms. The van der Waals surface area contributed by atoms with Crippen LogP contribution in [0.1, 0.15) is 77.6 Å². The Labute approximate surface area is 110 Å². The monoisotopic (exact) mass is 290 g/mol. The average molecular weight is 291 g/mol. The lowest BCUT2D eigenvalue weighted by atomic mass is 10.1. The zero-order chi connectivity index (χ0) is 12.1. The number of carbonyl (C=O) groups excluding carboxylic acids is 1. The van der Waals surface area contributed by atoms with Gasteiger partial charge in [-0.05, 0) is 19.8 Å². The lowest BCUT2D eigenvalue weighted by molar-refractivity contribution is -0.117. The molecule has 96 valence electrons. The van der Waals surface area contributed by atoms with Crippen LogP contribution in [0.25, 0.3) is 0 Å². The van der Waals surface area contributed by atoms with Crippen LogP contribution in [0.4, 0.5) is 0 Å². The van der Waals surface area contributed by atoms with Gasteiger partial charge in [0.05, 0.1) is 0 Å². The highest BCUT2D eigenvalue weighted by molar-refractivity contribution is 9.09. The maximum absolute atomic E-state index is 10.7. The first-order chi connectivity index (χ1) is 7.77. The smallest absolute Gasteiger partial charge is 0.129 e. The molecular weight excluding hydrogens is 264 g/mol. The van der Waals surface area contributed by atoms with Crippen molar-refractivity contribution in [2.24, 2.45) is 0 Å². The molecule has 0 aliphatic rings. The zero-order valence-electron chi connectivity index (χ0n) is 10.8. The molecule has 0 spiro atoms. The van der Waals surface area contributed by atoms with E-state index in [0.29, 0.717) is 5.78 Å². The molecule has 0 aromatic carbocycles. The summed E-state index contributed by atoms with van der Waals surface area (Å²) in [6, 6.07) is 0. The van der Waals surface area contributed by atoms with Gasteiger partial charge in [0, 0.05) is 11.8 Å². The maximum atomic E-state index is 10.7. The number of carbonyl (C=O) groups is 1. The fraction of sp³-hybridized carbons (Fsp3) is 0.929. The van der Waals surface area contributed by atoms with Gasteiger partial charge < -0.3 is 4.79 Å². The minimum Gasteiger partial charge on any atom is -0.300 e. The van der Waals surface area contributed by atoms with Crippen molar-refractivity contribution in [3.05, 3.63) is 0 Å². The van der Waals surface area contributed by atoms with Crippen LogP contribution in [0.15, 0.2) is 0 Å². The van der Waals surface area contributed by atoms with Crippen molar-refractivity contribution in [3.63, 3.8) is 0 Å². The lowest BCUT2D eigenvalue weighted by Gasteiger charge is -2.01. The summed E-state index contributed by atoms with van der Waals surface area (Å²) in [5, 5.41) is 1.16. The first kappa shape index (κ1) is 16.1. The summed E-state index contributed by atoms with van der Waals surface area (Å²) in [7, 11) is 0. The number of rotatable bonds is 12. The molecular formula is C14H27BrO. The second-order valence-electron chi connectivity index (χ2n) is 4.68. The summed E-state index contributed by atoms with van der Waals surface area (Å²) in [6.07, 6.45) is 14.1. The molecule has 0 rings (SSSR count). The van der Waals surface area contributed by atoms with Gasteiger partial charge in [0.1, 0.15) is 5.78 Å². The Morgan fingerprint density at radius 1 is 0.750 bits per heavy atom. The highest BCUT2D eigenvalue weighted by Gasteiger charge is 1.95. The van der Waals surface area contributed by atoms with Crippen LogP contribution >= 0.6 is 15.9 Å². The molecule has 0 radical (unpaired) electrons. The Bertz CT molecular complexity index is 157. The molecule has 1 nitrogen and oxygen atoms in total. The van der Waals surface area contributed by atoms with Crippen LogP contribution in [0.3, 0.4) is 0 Å². The fourth-order valence-corrected chi connectivity index (χ4v) is 2.28. The van der Waals surface area contributed by atoms with E-state index in [1.54, 1.807) is 6.92 Å². The van der Waals surface area contributed by atoms with Crippen LogP contribution in [-0.4, -0.2) is 11.1 Å². The number of halogens is 1. The van der Waals surface area contributed by atoms with Crippen LogP contribution in [0.2, 0.25) is 0 Å². The summed E-state index contributed by atoms with van der Waals surface area (Å²) >= 11 is 3.45. The predicted octanol–water partition coefficient (Wildman–Crippen LogP) is 5.26. The standard InChI is InChI=1S/C14H27BrO/c1-14(16)12-10-8-6-4-2-3-5-7-9-11-13-15/h2-13H2,1H3. The molecule has 16 heavy (non-hydrogen) atoms. The summed E-state index contributed by atoms with van der Waals surface area (Å²) in [5.41, 5.74) is 0. The largest absolute Gasteiger partial charge is 0.300 e. The predicted molar refractivity (Wildman–Crippen MR) is 75.3 cm³/mol. The first-order valence-electron chi connectivity index (χ1n) is 6.82. The molecule has 0 N–H and O–H groups in total. The molecule has 0 unspecified atom stereocenters. The van der Waals surface area contributed by atoms with E-state index in [2.05, 4.69) is 15.9 Å². The second-order valence-corrected chi connectivity index (χ2v) is 5.47. The normalized spacial score (nSPS) is 10.6. The third-order valence-corrected chi connectivity index (χ3v) is 3.47. The van der Waals surface area contributed by atoms with Crippen LogP contribution in [-0.2, 0) is 4.79 Å². The van der Waals surface area contributed by atoms with E-state index in [-0.39, 0.29) is 0 Å². The quantitative estimate of drug-likeness (QED) is 0.354. The van der Waals surface area contributed by atoms with Gasteiger partial charge in [-0.25, -0.2) is 0 Å². The van der Waals surface area contributed by atoms with E-state index in [1.165, 1.54) is 57.8 Å². The Morgan fingerprint density at radius 3 is 1.50 bits per heavy atom. The highest BCUT2D eigenvalue weighted by Crippen LogP contribution is 2.11. The van der Waals surface area contributed by atoms with Crippen molar-refractivity contribution < 1.29 is 4.79 Å². The van der Waals surface area contributed by atoms with Crippen molar-refractivity contribution in [2.45, 2.75) is 77.6 Å². The molecule has 0 aromatic heterocycles. The first-order valence-corrected chi connectivity index (χ1v) is 7.95. The minimum absolute atomic E-state index is 0.340. The summed E-state index contributed by atoms with van der Waals surface area (Å²) in [6.45, 7) is 1.69. The van der Waals surface area contributed by atoms with E-state index in [4.69, 9.17) is 0 Å². The Kier molecular flexibility index (Phi) is 13.3. The maximum Gasteiger partial charge on any atom is 0.129 e. The van der Waals surface area contributed by atoms with E-state index in [1.807, 2.05) is 0 Å². The minimum atomic E-state index is 0.340. The third-order valence-electron chi connectivity index (χ3n) is 2.91. The summed E-state index contributed by atoms with van der Waals surface area (Å²) < 4.78 is 0. The van der Waals surface area contributed by atoms with Crippen molar-refractivity contribution >= 4 is 21.7 Å². The summed E-state index contributed by atoms with van der Waals surface area (Å²) in [5.74, 6) is 0.340. The average Bonchev–Trinajstić information content (AvgIpc) is 2.25. The van der Waals surface area contributed by atoms with Crippen molar-refractivity contribution in [2.75, 3.05) is 5.33 Å². The molecule has 0 saturated carbocycles. The van der Waals surface area contributed by atoms with E-state index in [9.17, 15) is 4.79 Å². The van der Waals surface area contributed by atoms with E-state index >= 15 is 0 Å². The Balaban J connectivity index is 2.90. The highest BCUT2D eigenvalue weighted by atomic mass is 79.9. The van der Waals surface area contributed by atoms with Crippen molar-refractivity contribution in [1.82, 2.24) is 0 Å². The van der Waals surface area contributed by atoms with E-state index in [0.717, 1.165) is 18.2 Å². The zero-order valence-corrected chi connectivity index (χ0v) is 12.4. The number of alkyl halides is 1. The van der Waals surface area contributed by atoms with Gasteiger partial charge >= 0.3 is 0 Å². The van der Waals surface area contributed by atoms with Gasteiger partial charge in [0.25, 0.3) is 0 Å². The Morgan fingerprint density at radius 2 is 1.12 bits per heavy atom. The molecule has 0 saturated heterocycles. The molecule has 2 heteroatoms. The van der Waals surface area contributed by atoms with Gasteiger partial charge in [0.15, 0.2) is 0 Å². The van der Waals surface area contributed by atoms with Gasteiger partial charge in [0.2, 0.25) is 0 Å². The number of ketones is 1. The van der Waals surface area contributed by atoms with Crippen molar-refractivity contribution in [1.29, 1.82) is 0 Å². The molecule has 0 atom stereocenters. The van der Waals surface area contributed by atoms with Gasteiger partial charge in [-0.15, -0.1) is 0 Å². The number of Topliss-reactive ketones (excluding diaryl/α,β-unsaturated/α-hetero) is 1. The number of hydrogen-bond acceptors (Lipinski definition) is 1. The van der Waals surface area contributed by atoms with Gasteiger partial charge in [-0.2, -0.15) is 0 Å². The third kappa shape index (κ3) is 14.1. The molecule has 0 aromatic rings. The SMILES string of the molecule is CC(=O)CCCCCCCCCCCCBr. The number of hydrogen-bond donors (Lipinski definition) is 0. The summed E-state index contributed by atoms with van der Waals surface area (Å²) in [4.78, 5) is 10.7. The van der Waals surface area contributed by atoms with Crippen molar-refractivity contribution in [3.8, 4) is 0 Å². The molecule has 0 heterocycles. The van der Waals surface area contributed by atoms with Crippen LogP contribution < -0.4 is 0 Å². The Hall–Kier alpha value is 0.150. The molecule has 0 fully saturated rings. The molecule has 0 aliphatic heterocycles. The molecule has 0 amide bonds. The lowest BCUT2D eigenvalue weighted by Crippen LogP contribution is -1.89. The van der Waals surface area contributed by atoms with Gasteiger partial charge in [-0.3, -0.25) is 0 Å². The van der Waals surface area contributed by atoms with E-state index < -0.39 is 0 Å². The molecule has 0 aliphatic carbocycles. The number of unbranched alkanes of at least 4 members (excludes halogenated alkanes) is 9. The van der Waals surface area contributed by atoms with Gasteiger partial charge in [-0.1, -0.05) is 67.3 Å².